The minimum atomic E-state index is -0.146. The van der Waals surface area contributed by atoms with E-state index in [0.29, 0.717) is 0 Å². The van der Waals surface area contributed by atoms with Gasteiger partial charge in [0.05, 0.1) is 7.11 Å². The van der Waals surface area contributed by atoms with Gasteiger partial charge in [0.25, 0.3) is 0 Å². The molecule has 0 saturated carbocycles. The minimum Gasteiger partial charge on any atom is -0.497 e. The lowest BCUT2D eigenvalue weighted by atomic mass is 10.3. The SMILES string of the molecule is COc1ccc(NC(=O)/C=C/C=C(C)C)cc1. The quantitative estimate of drug-likeness (QED) is 0.638. The van der Waals surface area contributed by atoms with E-state index in [4.69, 9.17) is 4.74 Å². The van der Waals surface area contributed by atoms with E-state index in [2.05, 4.69) is 5.32 Å². The summed E-state index contributed by atoms with van der Waals surface area (Å²) in [5.41, 5.74) is 1.90. The van der Waals surface area contributed by atoms with E-state index in [0.717, 1.165) is 17.0 Å². The fourth-order valence-electron chi connectivity index (χ4n) is 1.19. The first-order valence-electron chi connectivity index (χ1n) is 5.38. The normalized spacial score (nSPS) is 10.1. The summed E-state index contributed by atoms with van der Waals surface area (Å²) in [6.07, 6.45) is 5.11. The summed E-state index contributed by atoms with van der Waals surface area (Å²) < 4.78 is 5.03. The summed E-state index contributed by atoms with van der Waals surface area (Å²) >= 11 is 0. The lowest BCUT2D eigenvalue weighted by Crippen LogP contribution is -2.07. The largest absolute Gasteiger partial charge is 0.497 e. The van der Waals surface area contributed by atoms with E-state index < -0.39 is 0 Å². The predicted molar refractivity (Wildman–Crippen MR) is 70.2 cm³/mol. The molecule has 0 saturated heterocycles. The third-order valence-corrected chi connectivity index (χ3v) is 2.03. The molecule has 0 unspecified atom stereocenters. The van der Waals surface area contributed by atoms with E-state index in [-0.39, 0.29) is 5.91 Å². The maximum Gasteiger partial charge on any atom is 0.248 e. The summed E-state index contributed by atoms with van der Waals surface area (Å²) in [7, 11) is 1.61. The van der Waals surface area contributed by atoms with Crippen molar-refractivity contribution in [2.24, 2.45) is 0 Å². The van der Waals surface area contributed by atoms with Crippen LogP contribution >= 0.6 is 0 Å². The molecule has 3 nitrogen and oxygen atoms in total. The number of rotatable bonds is 4. The monoisotopic (exact) mass is 231 g/mol. The van der Waals surface area contributed by atoms with Gasteiger partial charge in [-0.3, -0.25) is 4.79 Å². The third-order valence-electron chi connectivity index (χ3n) is 2.03. The minimum absolute atomic E-state index is 0.146. The highest BCUT2D eigenvalue weighted by molar-refractivity contribution is 5.99. The first-order chi connectivity index (χ1) is 8.11. The number of anilines is 1. The van der Waals surface area contributed by atoms with E-state index in [1.807, 2.05) is 19.9 Å². The average Bonchev–Trinajstić information content (AvgIpc) is 2.29. The van der Waals surface area contributed by atoms with Gasteiger partial charge in [-0.2, -0.15) is 0 Å². The molecule has 17 heavy (non-hydrogen) atoms. The number of carbonyl (C=O) groups is 1. The van der Waals surface area contributed by atoms with Crippen LogP contribution in [0, 0.1) is 0 Å². The van der Waals surface area contributed by atoms with Crippen molar-refractivity contribution < 1.29 is 9.53 Å². The van der Waals surface area contributed by atoms with E-state index in [1.54, 1.807) is 37.5 Å². The maximum atomic E-state index is 11.5. The predicted octanol–water partition coefficient (Wildman–Crippen LogP) is 3.16. The van der Waals surface area contributed by atoms with Crippen LogP contribution in [0.25, 0.3) is 0 Å². The second-order valence-corrected chi connectivity index (χ2v) is 3.82. The summed E-state index contributed by atoms with van der Waals surface area (Å²) in [6, 6.07) is 7.20. The zero-order valence-electron chi connectivity index (χ0n) is 10.4. The van der Waals surface area contributed by atoms with Crippen LogP contribution in [0.5, 0.6) is 5.75 Å². The van der Waals surface area contributed by atoms with Gasteiger partial charge in [0, 0.05) is 11.8 Å². The number of allylic oxidation sites excluding steroid dienone is 3. The molecule has 1 rings (SSSR count). The van der Waals surface area contributed by atoms with Crippen LogP contribution in [0.15, 0.2) is 48.1 Å². The fourth-order valence-corrected chi connectivity index (χ4v) is 1.19. The summed E-state index contributed by atoms with van der Waals surface area (Å²) in [6.45, 7) is 3.96. The van der Waals surface area contributed by atoms with Crippen LogP contribution in [0.1, 0.15) is 13.8 Å². The maximum absolute atomic E-state index is 11.5. The smallest absolute Gasteiger partial charge is 0.248 e. The second-order valence-electron chi connectivity index (χ2n) is 3.82. The topological polar surface area (TPSA) is 38.3 Å². The molecule has 0 aromatic heterocycles. The Morgan fingerprint density at radius 3 is 2.41 bits per heavy atom. The first kappa shape index (κ1) is 13.0. The molecule has 1 N–H and O–H groups in total. The van der Waals surface area contributed by atoms with Crippen LogP contribution in [0.4, 0.5) is 5.69 Å². The standard InChI is InChI=1S/C14H17NO2/c1-11(2)5-4-6-14(16)15-12-7-9-13(17-3)10-8-12/h4-10H,1-3H3,(H,15,16)/b6-4+. The van der Waals surface area contributed by atoms with Gasteiger partial charge < -0.3 is 10.1 Å². The van der Waals surface area contributed by atoms with Gasteiger partial charge in [0.15, 0.2) is 0 Å². The Kier molecular flexibility index (Phi) is 5.01. The van der Waals surface area contributed by atoms with Crippen LogP contribution in [0.3, 0.4) is 0 Å². The Morgan fingerprint density at radius 1 is 1.24 bits per heavy atom. The molecule has 0 atom stereocenters. The molecule has 0 bridgehead atoms. The Bertz CT molecular complexity index is 426. The van der Waals surface area contributed by atoms with Crippen LogP contribution in [0.2, 0.25) is 0 Å². The molecule has 1 aromatic rings. The summed E-state index contributed by atoms with van der Waals surface area (Å²) in [4.78, 5) is 11.5. The van der Waals surface area contributed by atoms with Crippen molar-refractivity contribution in [2.75, 3.05) is 12.4 Å². The Morgan fingerprint density at radius 2 is 1.88 bits per heavy atom. The third kappa shape index (κ3) is 5.02. The van der Waals surface area contributed by atoms with Crippen molar-refractivity contribution >= 4 is 11.6 Å². The van der Waals surface area contributed by atoms with Crippen molar-refractivity contribution in [2.45, 2.75) is 13.8 Å². The number of nitrogens with one attached hydrogen (secondary N) is 1. The van der Waals surface area contributed by atoms with Crippen molar-refractivity contribution in [3.63, 3.8) is 0 Å². The van der Waals surface area contributed by atoms with Crippen molar-refractivity contribution in [3.05, 3.63) is 48.1 Å². The van der Waals surface area contributed by atoms with Crippen molar-refractivity contribution in [1.82, 2.24) is 0 Å². The van der Waals surface area contributed by atoms with E-state index in [1.165, 1.54) is 6.08 Å². The molecule has 1 amide bonds. The molecule has 0 fully saturated rings. The molecule has 3 heteroatoms. The van der Waals surface area contributed by atoms with Gasteiger partial charge in [-0.15, -0.1) is 0 Å². The molecule has 0 radical (unpaired) electrons. The molecule has 90 valence electrons. The van der Waals surface area contributed by atoms with Gasteiger partial charge >= 0.3 is 0 Å². The highest BCUT2D eigenvalue weighted by Crippen LogP contribution is 2.14. The van der Waals surface area contributed by atoms with Gasteiger partial charge in [-0.05, 0) is 38.1 Å². The number of methoxy groups -OCH3 is 1. The molecule has 0 aliphatic carbocycles. The van der Waals surface area contributed by atoms with E-state index >= 15 is 0 Å². The zero-order valence-corrected chi connectivity index (χ0v) is 10.4. The van der Waals surface area contributed by atoms with E-state index in [9.17, 15) is 4.79 Å². The first-order valence-corrected chi connectivity index (χ1v) is 5.38. The summed E-state index contributed by atoms with van der Waals surface area (Å²) in [5.74, 6) is 0.621. The van der Waals surface area contributed by atoms with Gasteiger partial charge in [-0.1, -0.05) is 17.7 Å². The molecule has 0 aliphatic heterocycles. The molecule has 0 heterocycles. The molecular formula is C14H17NO2. The Labute approximate surface area is 102 Å². The van der Waals surface area contributed by atoms with Crippen LogP contribution in [-0.2, 0) is 4.79 Å². The van der Waals surface area contributed by atoms with Crippen LogP contribution in [-0.4, -0.2) is 13.0 Å². The van der Waals surface area contributed by atoms with Gasteiger partial charge in [0.1, 0.15) is 5.75 Å². The van der Waals surface area contributed by atoms with Gasteiger partial charge in [0.2, 0.25) is 5.91 Å². The molecule has 0 aliphatic rings. The molecule has 1 aromatic carbocycles. The highest BCUT2D eigenvalue weighted by atomic mass is 16.5. The number of hydrogen-bond donors (Lipinski definition) is 1. The van der Waals surface area contributed by atoms with Crippen LogP contribution < -0.4 is 10.1 Å². The lowest BCUT2D eigenvalue weighted by Gasteiger charge is -2.03. The van der Waals surface area contributed by atoms with Crippen molar-refractivity contribution in [3.8, 4) is 5.75 Å². The number of benzene rings is 1. The lowest BCUT2D eigenvalue weighted by molar-refractivity contribution is -0.111. The Balaban J connectivity index is 2.56. The average molecular weight is 231 g/mol. The number of amides is 1. The number of carbonyl (C=O) groups excluding carboxylic acids is 1. The van der Waals surface area contributed by atoms with Gasteiger partial charge in [-0.25, -0.2) is 0 Å². The molecule has 0 spiro atoms. The zero-order chi connectivity index (χ0) is 12.7. The highest BCUT2D eigenvalue weighted by Gasteiger charge is 1.97. The fraction of sp³-hybridized carbons (Fsp3) is 0.214. The second kappa shape index (κ2) is 6.53. The Hall–Kier alpha value is -2.03. The molecular weight excluding hydrogens is 214 g/mol. The van der Waals surface area contributed by atoms with Crippen molar-refractivity contribution in [1.29, 1.82) is 0 Å². The number of hydrogen-bond acceptors (Lipinski definition) is 2. The summed E-state index contributed by atoms with van der Waals surface area (Å²) in [5, 5.41) is 2.76. The number of ether oxygens (including phenoxy) is 1.